The zero-order valence-electron chi connectivity index (χ0n) is 46.0. The van der Waals surface area contributed by atoms with E-state index in [1.54, 1.807) is 0 Å². The average Bonchev–Trinajstić information content (AvgIpc) is 1.76. The predicted octanol–water partition coefficient (Wildman–Crippen LogP) is -14.7. The summed E-state index contributed by atoms with van der Waals surface area (Å²) in [6.07, 6.45) is -51.7. The first kappa shape index (κ1) is 72.0. The van der Waals surface area contributed by atoms with Crippen molar-refractivity contribution in [3.05, 3.63) is 0 Å². The summed E-state index contributed by atoms with van der Waals surface area (Å²) in [6, 6.07) is -7.15. The Morgan fingerprint density at radius 2 is 0.976 bits per heavy atom. The van der Waals surface area contributed by atoms with E-state index >= 15 is 0 Å². The van der Waals surface area contributed by atoms with Crippen LogP contribution in [0.3, 0.4) is 0 Å². The van der Waals surface area contributed by atoms with E-state index in [9.17, 15) is 121 Å². The highest BCUT2D eigenvalue weighted by atomic mass is 16.8. The van der Waals surface area contributed by atoms with Crippen LogP contribution in [0.4, 0.5) is 0 Å². The monoisotopic (exact) mass is 1240 g/mol. The molecule has 23 N–H and O–H groups in total. The molecule has 0 spiro atoms. The van der Waals surface area contributed by atoms with E-state index < -0.39 is 266 Å². The zero-order valence-corrected chi connectivity index (χ0v) is 46.0. The molecule has 5 rings (SSSR count). The second-order valence-corrected chi connectivity index (χ2v) is 20.9. The third kappa shape index (κ3) is 16.9. The molecule has 85 heavy (non-hydrogen) atoms. The van der Waals surface area contributed by atoms with Crippen molar-refractivity contribution in [3.8, 4) is 0 Å². The van der Waals surface area contributed by atoms with Crippen LogP contribution in [0.2, 0.25) is 0 Å². The fraction of sp³-hybridized carbons (Fsp3) is 0.894. The van der Waals surface area contributed by atoms with Crippen LogP contribution in [-0.4, -0.2) is 356 Å². The van der Waals surface area contributed by atoms with Gasteiger partial charge in [0, 0.05) is 34.1 Å². The minimum absolute atomic E-state index is 0.816. The standard InChI is InChI=1S/C47H80N4O34/c1-13(58)48-17(6-52)37(29(66)20(64)12-76-47(46(74)75)5-18(62)25(49-14(2)59)40(85-47)28(65)19(63)7-53)81-42-26(50-15(3)60)32(69)39(24(11-57)79-42)83-45-36(73)41(31(68)22(9-55)78-45)84-43-27(51-16(4)61)33(70)38(23(10-56)80-43)82-44-35(72)34(71)30(67)21(8-54)77-44/h17-45,52-57,62-73H,5-12H2,1-4H3,(H,48,58)(H,49,59)(H,50,60)(H,51,61)(H,74,75)/t17-,18-,19+,20+,21+,22+,23+,24+,25+,26+,27+,28+,29-,30-,31-,32+,33+,34-,35+,36+,37+,38+,39+,40+,41-,42-,43-,44-,45-,47+/m0/s1. The third-order valence-electron chi connectivity index (χ3n) is 14.7. The number of carboxylic acids is 1. The largest absolute Gasteiger partial charge is 0.477 e. The molecule has 0 aliphatic carbocycles. The van der Waals surface area contributed by atoms with Crippen LogP contribution < -0.4 is 21.3 Å². The van der Waals surface area contributed by atoms with Crippen LogP contribution in [0.1, 0.15) is 34.1 Å². The summed E-state index contributed by atoms with van der Waals surface area (Å²) in [4.78, 5) is 62.5. The van der Waals surface area contributed by atoms with Crippen molar-refractivity contribution in [2.75, 3.05) is 46.2 Å². The summed E-state index contributed by atoms with van der Waals surface area (Å²) in [5.74, 6) is -8.63. The van der Waals surface area contributed by atoms with Gasteiger partial charge >= 0.3 is 5.97 Å². The topological polar surface area (TPSA) is 610 Å². The van der Waals surface area contributed by atoms with Crippen molar-refractivity contribution in [3.63, 3.8) is 0 Å². The Balaban J connectivity index is 1.40. The van der Waals surface area contributed by atoms with Crippen LogP contribution in [0.15, 0.2) is 0 Å². The van der Waals surface area contributed by atoms with Gasteiger partial charge in [-0.05, 0) is 0 Å². The second kappa shape index (κ2) is 31.6. The number of hydrogen-bond acceptors (Lipinski definition) is 33. The van der Waals surface area contributed by atoms with E-state index in [1.165, 1.54) is 0 Å². The summed E-state index contributed by atoms with van der Waals surface area (Å²) in [6.45, 7) is -3.89. The Kier molecular flexibility index (Phi) is 26.8. The number of ether oxygens (including phenoxy) is 10. The van der Waals surface area contributed by atoms with Gasteiger partial charge in [-0.25, -0.2) is 4.79 Å². The quantitative estimate of drug-likeness (QED) is 0.0363. The number of aliphatic hydroxyl groups excluding tert-OH is 18. The highest BCUT2D eigenvalue weighted by Gasteiger charge is 2.59. The van der Waals surface area contributed by atoms with Crippen molar-refractivity contribution in [1.82, 2.24) is 21.3 Å². The van der Waals surface area contributed by atoms with E-state index in [0.29, 0.717) is 0 Å². The first-order valence-corrected chi connectivity index (χ1v) is 26.6. The van der Waals surface area contributed by atoms with Crippen LogP contribution in [-0.2, 0) is 71.3 Å². The molecular weight excluding hydrogens is 1160 g/mol. The lowest BCUT2D eigenvalue weighted by atomic mass is 9.88. The van der Waals surface area contributed by atoms with Gasteiger partial charge in [-0.1, -0.05) is 0 Å². The molecule has 0 aromatic rings. The summed E-state index contributed by atoms with van der Waals surface area (Å²) in [7, 11) is 0. The lowest BCUT2D eigenvalue weighted by Crippen LogP contribution is -2.70. The number of amides is 4. The summed E-state index contributed by atoms with van der Waals surface area (Å²) < 4.78 is 57.3. The number of carboxylic acid groups (broad SMARTS) is 1. The molecule has 38 nitrogen and oxygen atoms in total. The summed E-state index contributed by atoms with van der Waals surface area (Å²) >= 11 is 0. The van der Waals surface area contributed by atoms with Crippen molar-refractivity contribution < 1.29 is 168 Å². The SMILES string of the molecule is CC(=O)N[C@H]1[C@H](O[C@H]2[C@@H](O)[C@@H](CO)O[C@@H](O[C@H]3[C@H](O)[C@@H](NC(C)=O)[C@H](O[C@@H]([C@@H](O)[C@H](O)CO[C@]4(C(=O)O)C[C@H](O)[C@@H](NC(C)=O)[C@H]([C@H](O)[C@H](O)CO)O4)[C@H](CO)NC(C)=O)O[C@@H]3CO)[C@@H]2O)O[C@H](CO)[C@@H](O[C@@H]2O[C@H](CO)[C@H](O)[C@H](O)[C@H]2O)[C@@H]1O. The van der Waals surface area contributed by atoms with E-state index in [1.807, 2.05) is 0 Å². The number of hydrogen-bond donors (Lipinski definition) is 23. The number of nitrogens with one attached hydrogen (secondary N) is 4. The number of aliphatic carboxylic acids is 1. The molecule has 0 saturated carbocycles. The predicted molar refractivity (Wildman–Crippen MR) is 265 cm³/mol. The molecule has 492 valence electrons. The first-order chi connectivity index (χ1) is 39.9. The van der Waals surface area contributed by atoms with Gasteiger partial charge in [0.05, 0.1) is 64.4 Å². The smallest absolute Gasteiger partial charge is 0.364 e. The van der Waals surface area contributed by atoms with Gasteiger partial charge in [-0.15, -0.1) is 0 Å². The van der Waals surface area contributed by atoms with Crippen LogP contribution >= 0.6 is 0 Å². The lowest BCUT2D eigenvalue weighted by Gasteiger charge is -2.50. The Hall–Kier alpha value is -3.77. The van der Waals surface area contributed by atoms with Gasteiger partial charge in [0.15, 0.2) is 25.2 Å². The molecule has 0 unspecified atom stereocenters. The maximum Gasteiger partial charge on any atom is 0.364 e. The molecule has 0 radical (unpaired) electrons. The van der Waals surface area contributed by atoms with E-state index in [2.05, 4.69) is 21.3 Å². The Morgan fingerprint density at radius 3 is 1.45 bits per heavy atom. The third-order valence-corrected chi connectivity index (χ3v) is 14.7. The molecule has 4 amide bonds. The van der Waals surface area contributed by atoms with Crippen LogP contribution in [0, 0.1) is 0 Å². The van der Waals surface area contributed by atoms with E-state index in [4.69, 9.17) is 47.4 Å². The highest BCUT2D eigenvalue weighted by Crippen LogP contribution is 2.37. The molecule has 30 atom stereocenters. The Bertz CT molecular complexity index is 2160. The van der Waals surface area contributed by atoms with E-state index in [-0.39, 0.29) is 0 Å². The van der Waals surface area contributed by atoms with Crippen molar-refractivity contribution in [2.24, 2.45) is 0 Å². The fourth-order valence-corrected chi connectivity index (χ4v) is 10.3. The molecule has 0 aromatic carbocycles. The first-order valence-electron chi connectivity index (χ1n) is 26.6. The highest BCUT2D eigenvalue weighted by molar-refractivity contribution is 5.77. The summed E-state index contributed by atoms with van der Waals surface area (Å²) in [5, 5.41) is 214. The molecule has 5 fully saturated rings. The van der Waals surface area contributed by atoms with Gasteiger partial charge in [0.2, 0.25) is 23.6 Å². The minimum Gasteiger partial charge on any atom is -0.477 e. The molecule has 5 heterocycles. The molecule has 38 heteroatoms. The second-order valence-electron chi connectivity index (χ2n) is 20.9. The van der Waals surface area contributed by atoms with Crippen molar-refractivity contribution in [2.45, 2.75) is 217 Å². The maximum atomic E-state index is 12.8. The molecule has 5 aliphatic heterocycles. The molecule has 0 bridgehead atoms. The molecular formula is C47H80N4O34. The molecule has 5 saturated heterocycles. The average molecular weight is 1250 g/mol. The lowest BCUT2D eigenvalue weighted by molar-refractivity contribution is -0.379. The van der Waals surface area contributed by atoms with Crippen LogP contribution in [0.25, 0.3) is 0 Å². The fourth-order valence-electron chi connectivity index (χ4n) is 10.3. The minimum atomic E-state index is -3.07. The van der Waals surface area contributed by atoms with Gasteiger partial charge in [0.1, 0.15) is 134 Å². The van der Waals surface area contributed by atoms with Gasteiger partial charge in [-0.3, -0.25) is 19.2 Å². The number of rotatable bonds is 27. The Morgan fingerprint density at radius 1 is 0.518 bits per heavy atom. The van der Waals surface area contributed by atoms with E-state index in [0.717, 1.165) is 27.7 Å². The van der Waals surface area contributed by atoms with Gasteiger partial charge in [0.25, 0.3) is 5.79 Å². The number of aliphatic hydroxyl groups is 18. The zero-order chi connectivity index (χ0) is 63.7. The number of carbonyl (C=O) groups excluding carboxylic acids is 4. The Labute approximate surface area is 482 Å². The van der Waals surface area contributed by atoms with Crippen molar-refractivity contribution >= 4 is 29.6 Å². The number of carbonyl (C=O) groups is 5. The molecule has 0 aromatic heterocycles. The van der Waals surface area contributed by atoms with Crippen molar-refractivity contribution in [1.29, 1.82) is 0 Å². The maximum absolute atomic E-state index is 12.8. The summed E-state index contributed by atoms with van der Waals surface area (Å²) in [5.41, 5.74) is 0. The normalized spacial score (nSPS) is 41.0. The van der Waals surface area contributed by atoms with Gasteiger partial charge < -0.3 is 166 Å². The van der Waals surface area contributed by atoms with Gasteiger partial charge in [-0.2, -0.15) is 0 Å². The van der Waals surface area contributed by atoms with Crippen LogP contribution in [0.5, 0.6) is 0 Å². The molecule has 5 aliphatic rings.